The van der Waals surface area contributed by atoms with Gasteiger partial charge in [-0.15, -0.1) is 0 Å². The van der Waals surface area contributed by atoms with E-state index in [1.54, 1.807) is 19.2 Å². The molecule has 1 atom stereocenters. The van der Waals surface area contributed by atoms with Crippen molar-refractivity contribution in [1.29, 1.82) is 0 Å². The first-order valence-corrected chi connectivity index (χ1v) is 5.67. The molecule has 0 radical (unpaired) electrons. The second-order valence-electron chi connectivity index (χ2n) is 4.43. The van der Waals surface area contributed by atoms with Gasteiger partial charge in [0.05, 0.1) is 12.8 Å². The minimum absolute atomic E-state index is 0.563. The van der Waals surface area contributed by atoms with E-state index in [1.165, 1.54) is 0 Å². The monoisotopic (exact) mass is 242 g/mol. The van der Waals surface area contributed by atoms with Gasteiger partial charge >= 0.3 is 0 Å². The Kier molecular flexibility index (Phi) is 2.21. The van der Waals surface area contributed by atoms with Crippen LogP contribution in [0.3, 0.4) is 0 Å². The van der Waals surface area contributed by atoms with Crippen LogP contribution in [0, 0.1) is 0 Å². The predicted octanol–water partition coefficient (Wildman–Crippen LogP) is 1.92. The molecular formula is C14H14N2O2. The molecule has 18 heavy (non-hydrogen) atoms. The first-order valence-electron chi connectivity index (χ1n) is 5.67. The molecule has 0 aliphatic heterocycles. The smallest absolute Gasteiger partial charge is 0.142 e. The Morgan fingerprint density at radius 3 is 2.50 bits per heavy atom. The molecule has 0 aromatic heterocycles. The summed E-state index contributed by atoms with van der Waals surface area (Å²) in [7, 11) is 1.56. The number of aliphatic hydroxyl groups excluding tert-OH is 1. The lowest BCUT2D eigenvalue weighted by atomic mass is 10.0. The van der Waals surface area contributed by atoms with Crippen molar-refractivity contribution in [3.8, 4) is 16.9 Å². The van der Waals surface area contributed by atoms with E-state index < -0.39 is 6.10 Å². The van der Waals surface area contributed by atoms with E-state index in [4.69, 9.17) is 16.2 Å². The Balaban J connectivity index is 2.27. The maximum absolute atomic E-state index is 10.3. The minimum atomic E-state index is -0.673. The Morgan fingerprint density at radius 2 is 1.78 bits per heavy atom. The quantitative estimate of drug-likeness (QED) is 0.667. The summed E-state index contributed by atoms with van der Waals surface area (Å²) in [6.07, 6.45) is -0.673. The van der Waals surface area contributed by atoms with Crippen molar-refractivity contribution in [3.05, 3.63) is 41.5 Å². The third kappa shape index (κ3) is 1.36. The number of methoxy groups -OCH3 is 1. The normalized spacial score (nSPS) is 16.2. The molecule has 0 saturated carbocycles. The number of aliphatic hydroxyl groups is 1. The van der Waals surface area contributed by atoms with Crippen LogP contribution in [0.15, 0.2) is 30.3 Å². The van der Waals surface area contributed by atoms with Crippen LogP contribution in [0.25, 0.3) is 11.1 Å². The van der Waals surface area contributed by atoms with Crippen molar-refractivity contribution in [2.75, 3.05) is 18.6 Å². The van der Waals surface area contributed by atoms with Crippen molar-refractivity contribution in [3.63, 3.8) is 0 Å². The predicted molar refractivity (Wildman–Crippen MR) is 71.3 cm³/mol. The highest BCUT2D eigenvalue weighted by Crippen LogP contribution is 2.46. The number of anilines is 2. The van der Waals surface area contributed by atoms with Crippen molar-refractivity contribution in [2.24, 2.45) is 0 Å². The Bertz CT molecular complexity index is 638. The molecule has 0 saturated heterocycles. The number of nitrogen functional groups attached to an aromatic ring is 2. The number of nitrogens with two attached hydrogens (primary N) is 2. The molecule has 2 aromatic rings. The molecule has 1 aliphatic rings. The number of ether oxygens (including phenoxy) is 1. The molecule has 0 fully saturated rings. The first-order chi connectivity index (χ1) is 8.61. The van der Waals surface area contributed by atoms with Gasteiger partial charge in [-0.2, -0.15) is 0 Å². The van der Waals surface area contributed by atoms with Gasteiger partial charge in [0.2, 0.25) is 0 Å². The number of hydrogen-bond acceptors (Lipinski definition) is 4. The highest BCUT2D eigenvalue weighted by molar-refractivity contribution is 5.83. The summed E-state index contributed by atoms with van der Waals surface area (Å²) in [6, 6.07) is 9.14. The zero-order chi connectivity index (χ0) is 12.9. The maximum atomic E-state index is 10.3. The zero-order valence-electron chi connectivity index (χ0n) is 9.97. The number of hydrogen-bond donors (Lipinski definition) is 3. The maximum Gasteiger partial charge on any atom is 0.142 e. The summed E-state index contributed by atoms with van der Waals surface area (Å²) in [5.41, 5.74) is 16.4. The molecule has 2 aromatic carbocycles. The van der Waals surface area contributed by atoms with Crippen molar-refractivity contribution in [2.45, 2.75) is 6.10 Å². The summed E-state index contributed by atoms with van der Waals surface area (Å²) in [5, 5.41) is 10.3. The molecule has 0 amide bonds. The molecule has 4 nitrogen and oxygen atoms in total. The van der Waals surface area contributed by atoms with Crippen LogP contribution in [-0.2, 0) is 0 Å². The van der Waals surface area contributed by atoms with Crippen LogP contribution in [-0.4, -0.2) is 12.2 Å². The summed E-state index contributed by atoms with van der Waals surface area (Å²) >= 11 is 0. The van der Waals surface area contributed by atoms with Gasteiger partial charge in [-0.1, -0.05) is 6.07 Å². The molecule has 0 spiro atoms. The van der Waals surface area contributed by atoms with Gasteiger partial charge in [-0.05, 0) is 46.5 Å². The Hall–Kier alpha value is -2.20. The largest absolute Gasteiger partial charge is 0.495 e. The van der Waals surface area contributed by atoms with E-state index in [1.807, 2.05) is 18.2 Å². The molecule has 0 bridgehead atoms. The van der Waals surface area contributed by atoms with Crippen LogP contribution in [0.1, 0.15) is 17.2 Å². The fourth-order valence-corrected chi connectivity index (χ4v) is 2.47. The average Bonchev–Trinajstić information content (AvgIpc) is 2.61. The van der Waals surface area contributed by atoms with E-state index in [2.05, 4.69) is 0 Å². The lowest BCUT2D eigenvalue weighted by Crippen LogP contribution is -1.97. The topological polar surface area (TPSA) is 81.5 Å². The number of fused-ring (bicyclic) bond motifs is 3. The van der Waals surface area contributed by atoms with Crippen LogP contribution in [0.4, 0.5) is 11.4 Å². The summed E-state index contributed by atoms with van der Waals surface area (Å²) in [5.74, 6) is 0.577. The summed E-state index contributed by atoms with van der Waals surface area (Å²) < 4.78 is 5.18. The van der Waals surface area contributed by atoms with Crippen LogP contribution >= 0.6 is 0 Å². The van der Waals surface area contributed by atoms with E-state index in [0.29, 0.717) is 17.1 Å². The zero-order valence-corrected chi connectivity index (χ0v) is 9.97. The lowest BCUT2D eigenvalue weighted by molar-refractivity contribution is 0.225. The van der Waals surface area contributed by atoms with E-state index in [-0.39, 0.29) is 0 Å². The second kappa shape index (κ2) is 3.65. The van der Waals surface area contributed by atoms with Crippen LogP contribution < -0.4 is 16.2 Å². The lowest BCUT2D eigenvalue weighted by Gasteiger charge is -2.09. The van der Waals surface area contributed by atoms with E-state index >= 15 is 0 Å². The Labute approximate surface area is 105 Å². The second-order valence-corrected chi connectivity index (χ2v) is 4.43. The first kappa shape index (κ1) is 10.9. The third-order valence-corrected chi connectivity index (χ3v) is 3.36. The SMILES string of the molecule is COc1cc2c(cc1N)-c1ccc(N)cc1[C@@H]2O. The van der Waals surface area contributed by atoms with Gasteiger partial charge < -0.3 is 21.3 Å². The molecule has 92 valence electrons. The average molecular weight is 242 g/mol. The van der Waals surface area contributed by atoms with Gasteiger partial charge in [0, 0.05) is 5.69 Å². The molecular weight excluding hydrogens is 228 g/mol. The number of rotatable bonds is 1. The van der Waals surface area contributed by atoms with E-state index in [0.717, 1.165) is 22.3 Å². The number of benzene rings is 2. The van der Waals surface area contributed by atoms with Crippen LogP contribution in [0.2, 0.25) is 0 Å². The fourth-order valence-electron chi connectivity index (χ4n) is 2.47. The minimum Gasteiger partial charge on any atom is -0.495 e. The molecule has 5 N–H and O–H groups in total. The summed E-state index contributed by atoms with van der Waals surface area (Å²) in [6.45, 7) is 0. The molecule has 0 unspecified atom stereocenters. The van der Waals surface area contributed by atoms with Gasteiger partial charge in [-0.3, -0.25) is 0 Å². The van der Waals surface area contributed by atoms with Gasteiger partial charge in [0.1, 0.15) is 11.9 Å². The summed E-state index contributed by atoms with van der Waals surface area (Å²) in [4.78, 5) is 0. The molecule has 3 rings (SSSR count). The van der Waals surface area contributed by atoms with Gasteiger partial charge in [0.15, 0.2) is 0 Å². The van der Waals surface area contributed by atoms with Crippen molar-refractivity contribution >= 4 is 11.4 Å². The molecule has 0 heterocycles. The standard InChI is InChI=1S/C14H14N2O2/c1-18-13-6-11-9(5-12(13)16)8-3-2-7(15)4-10(8)14(11)17/h2-6,14,17H,15-16H2,1H3/t14-/m0/s1. The highest BCUT2D eigenvalue weighted by atomic mass is 16.5. The highest BCUT2D eigenvalue weighted by Gasteiger charge is 2.28. The Morgan fingerprint density at radius 1 is 1.06 bits per heavy atom. The van der Waals surface area contributed by atoms with Crippen molar-refractivity contribution in [1.82, 2.24) is 0 Å². The van der Waals surface area contributed by atoms with Gasteiger partial charge in [-0.25, -0.2) is 0 Å². The van der Waals surface area contributed by atoms with Crippen molar-refractivity contribution < 1.29 is 9.84 Å². The van der Waals surface area contributed by atoms with Gasteiger partial charge in [0.25, 0.3) is 0 Å². The molecule has 4 heteroatoms. The fraction of sp³-hybridized carbons (Fsp3) is 0.143. The van der Waals surface area contributed by atoms with E-state index in [9.17, 15) is 5.11 Å². The molecule has 1 aliphatic carbocycles. The third-order valence-electron chi connectivity index (χ3n) is 3.36. The van der Waals surface area contributed by atoms with Crippen LogP contribution in [0.5, 0.6) is 5.75 Å².